The molecule has 1 aliphatic heterocycles. The molecule has 1 aromatic carbocycles. The number of nitrogens with one attached hydrogen (secondary N) is 2. The van der Waals surface area contributed by atoms with Gasteiger partial charge in [0, 0.05) is 57.6 Å². The number of aryl methyl sites for hydroxylation is 1. The van der Waals surface area contributed by atoms with Gasteiger partial charge < -0.3 is 15.5 Å². The van der Waals surface area contributed by atoms with Gasteiger partial charge in [0.15, 0.2) is 0 Å². The Hall–Kier alpha value is -2.67. The van der Waals surface area contributed by atoms with Crippen LogP contribution in [0.15, 0.2) is 36.7 Å². The van der Waals surface area contributed by atoms with E-state index in [0.717, 1.165) is 17.8 Å². The Labute approximate surface area is 147 Å². The maximum atomic E-state index is 12.8. The first kappa shape index (κ1) is 17.2. The molecule has 0 spiro atoms. The summed E-state index contributed by atoms with van der Waals surface area (Å²) in [6.45, 7) is 2.91. The second kappa shape index (κ2) is 7.06. The molecule has 1 aliphatic rings. The Kier molecular flexibility index (Phi) is 4.85. The molecule has 0 aliphatic carbocycles. The lowest BCUT2D eigenvalue weighted by Crippen LogP contribution is -2.28. The van der Waals surface area contributed by atoms with E-state index in [1.807, 2.05) is 37.6 Å². The molecule has 3 rings (SSSR count). The molecule has 2 amide bonds. The second-order valence-corrected chi connectivity index (χ2v) is 6.44. The van der Waals surface area contributed by atoms with Crippen LogP contribution in [0.2, 0.25) is 0 Å². The molecule has 0 bridgehead atoms. The number of nitrogens with zero attached hydrogens (tertiary/aromatic N) is 3. The highest BCUT2D eigenvalue weighted by Gasteiger charge is 2.34. The minimum Gasteiger partial charge on any atom is -0.326 e. The van der Waals surface area contributed by atoms with Gasteiger partial charge in [-0.3, -0.25) is 14.3 Å². The Morgan fingerprint density at radius 1 is 1.36 bits per heavy atom. The Bertz CT molecular complexity index is 785. The maximum Gasteiger partial charge on any atom is 0.229 e. The smallest absolute Gasteiger partial charge is 0.229 e. The van der Waals surface area contributed by atoms with Gasteiger partial charge in [0.25, 0.3) is 0 Å². The molecule has 0 unspecified atom stereocenters. The van der Waals surface area contributed by atoms with Crippen molar-refractivity contribution in [2.45, 2.75) is 12.8 Å². The molecule has 0 saturated carbocycles. The molecule has 7 heteroatoms. The summed E-state index contributed by atoms with van der Waals surface area (Å²) in [5.41, 5.74) is 2.50. The van der Waals surface area contributed by atoms with E-state index in [-0.39, 0.29) is 23.7 Å². The van der Waals surface area contributed by atoms with Crippen molar-refractivity contribution in [1.29, 1.82) is 0 Å². The van der Waals surface area contributed by atoms with Gasteiger partial charge in [0.05, 0.1) is 12.1 Å². The Morgan fingerprint density at radius 2 is 2.16 bits per heavy atom. The van der Waals surface area contributed by atoms with E-state index in [1.54, 1.807) is 22.7 Å². The lowest BCUT2D eigenvalue weighted by molar-refractivity contribution is -0.119. The van der Waals surface area contributed by atoms with Crippen LogP contribution in [0.5, 0.6) is 0 Å². The minimum atomic E-state index is -0.154. The second-order valence-electron chi connectivity index (χ2n) is 6.44. The third kappa shape index (κ3) is 3.71. The van der Waals surface area contributed by atoms with Gasteiger partial charge in [-0.05, 0) is 23.8 Å². The molecule has 2 aromatic rings. The summed E-state index contributed by atoms with van der Waals surface area (Å²) in [6.07, 6.45) is 3.78. The van der Waals surface area contributed by atoms with Gasteiger partial charge in [-0.1, -0.05) is 6.07 Å². The number of anilines is 2. The fourth-order valence-electron chi connectivity index (χ4n) is 3.15. The van der Waals surface area contributed by atoms with Crippen LogP contribution in [0.1, 0.15) is 18.4 Å². The average molecular weight is 341 g/mol. The topological polar surface area (TPSA) is 79.3 Å². The van der Waals surface area contributed by atoms with Crippen molar-refractivity contribution in [3.8, 4) is 0 Å². The third-order valence-corrected chi connectivity index (χ3v) is 4.68. The molecule has 1 fully saturated rings. The number of aromatic nitrogens is 2. The van der Waals surface area contributed by atoms with Crippen LogP contribution in [0, 0.1) is 5.92 Å². The van der Waals surface area contributed by atoms with E-state index < -0.39 is 0 Å². The summed E-state index contributed by atoms with van der Waals surface area (Å²) in [5.74, 6) is -0.128. The molecule has 1 saturated heterocycles. The normalized spacial score (nSPS) is 19.6. The lowest BCUT2D eigenvalue weighted by atomic mass is 9.90. The first-order valence-corrected chi connectivity index (χ1v) is 8.30. The van der Waals surface area contributed by atoms with Crippen LogP contribution in [-0.4, -0.2) is 41.7 Å². The number of amides is 2. The molecule has 2 N–H and O–H groups in total. The first-order valence-electron chi connectivity index (χ1n) is 8.30. The summed E-state index contributed by atoms with van der Waals surface area (Å²) in [7, 11) is 3.58. The zero-order valence-electron chi connectivity index (χ0n) is 14.7. The fourth-order valence-corrected chi connectivity index (χ4v) is 3.15. The van der Waals surface area contributed by atoms with E-state index >= 15 is 0 Å². The van der Waals surface area contributed by atoms with Crippen molar-refractivity contribution in [1.82, 2.24) is 15.1 Å². The van der Waals surface area contributed by atoms with Gasteiger partial charge >= 0.3 is 0 Å². The molecule has 2 heterocycles. The highest BCUT2D eigenvalue weighted by Crippen LogP contribution is 2.29. The van der Waals surface area contributed by atoms with E-state index in [1.165, 1.54) is 6.92 Å². The van der Waals surface area contributed by atoms with Gasteiger partial charge in [0.2, 0.25) is 11.8 Å². The van der Waals surface area contributed by atoms with Crippen molar-refractivity contribution in [2.75, 3.05) is 30.4 Å². The monoisotopic (exact) mass is 341 g/mol. The average Bonchev–Trinajstić information content (AvgIpc) is 3.22. The number of rotatable bonds is 4. The Morgan fingerprint density at radius 3 is 2.84 bits per heavy atom. The zero-order valence-corrected chi connectivity index (χ0v) is 14.7. The predicted octanol–water partition coefficient (Wildman–Crippen LogP) is 1.34. The third-order valence-electron chi connectivity index (χ3n) is 4.68. The number of hydrogen-bond donors (Lipinski definition) is 2. The van der Waals surface area contributed by atoms with Crippen molar-refractivity contribution in [3.63, 3.8) is 0 Å². The summed E-state index contributed by atoms with van der Waals surface area (Å²) < 4.78 is 1.75. The van der Waals surface area contributed by atoms with Gasteiger partial charge in [-0.15, -0.1) is 0 Å². The van der Waals surface area contributed by atoms with E-state index in [0.29, 0.717) is 12.2 Å². The molecular formula is C18H23N5O2. The minimum absolute atomic E-state index is 0.0264. The summed E-state index contributed by atoms with van der Waals surface area (Å²) >= 11 is 0. The standard InChI is InChI=1S/C18H23N5O2/c1-12(24)23(3)15-6-4-5-14(7-15)21-18(25)17-10-19-9-16(17)13-8-20-22(2)11-13/h4-8,11,16-17,19H,9-10H2,1-3H3,(H,21,25)/t16-,17+/m1/s1. The lowest BCUT2D eigenvalue weighted by Gasteiger charge is -2.19. The SMILES string of the molecule is CC(=O)N(C)c1cccc(NC(=O)[C@H]2CNC[C@@H]2c2cnn(C)c2)c1. The van der Waals surface area contributed by atoms with Gasteiger partial charge in [-0.25, -0.2) is 0 Å². The van der Waals surface area contributed by atoms with Crippen LogP contribution >= 0.6 is 0 Å². The van der Waals surface area contributed by atoms with E-state index in [2.05, 4.69) is 15.7 Å². The van der Waals surface area contributed by atoms with Gasteiger partial charge in [-0.2, -0.15) is 5.10 Å². The quantitative estimate of drug-likeness (QED) is 0.880. The van der Waals surface area contributed by atoms with E-state index in [9.17, 15) is 9.59 Å². The zero-order chi connectivity index (χ0) is 18.0. The highest BCUT2D eigenvalue weighted by atomic mass is 16.2. The van der Waals surface area contributed by atoms with Crippen LogP contribution < -0.4 is 15.5 Å². The molecule has 132 valence electrons. The van der Waals surface area contributed by atoms with Crippen LogP contribution in [0.3, 0.4) is 0 Å². The number of carbonyl (C=O) groups excluding carboxylic acids is 2. The number of benzene rings is 1. The molecule has 1 aromatic heterocycles. The van der Waals surface area contributed by atoms with Crippen LogP contribution in [0.25, 0.3) is 0 Å². The molecule has 7 nitrogen and oxygen atoms in total. The molecule has 0 radical (unpaired) electrons. The van der Waals surface area contributed by atoms with Crippen molar-refractivity contribution in [2.24, 2.45) is 13.0 Å². The summed E-state index contributed by atoms with van der Waals surface area (Å²) in [4.78, 5) is 25.8. The first-order chi connectivity index (χ1) is 12.0. The van der Waals surface area contributed by atoms with Crippen LogP contribution in [0.4, 0.5) is 11.4 Å². The highest BCUT2D eigenvalue weighted by molar-refractivity contribution is 5.95. The van der Waals surface area contributed by atoms with E-state index in [4.69, 9.17) is 0 Å². The molecule has 2 atom stereocenters. The number of hydrogen-bond acceptors (Lipinski definition) is 4. The van der Waals surface area contributed by atoms with Crippen molar-refractivity contribution in [3.05, 3.63) is 42.2 Å². The van der Waals surface area contributed by atoms with Crippen LogP contribution in [-0.2, 0) is 16.6 Å². The largest absolute Gasteiger partial charge is 0.326 e. The molecule has 25 heavy (non-hydrogen) atoms. The predicted molar refractivity (Wildman–Crippen MR) is 96.5 cm³/mol. The summed E-state index contributed by atoms with van der Waals surface area (Å²) in [6, 6.07) is 7.31. The maximum absolute atomic E-state index is 12.8. The van der Waals surface area contributed by atoms with Crippen molar-refractivity contribution >= 4 is 23.2 Å². The molecular weight excluding hydrogens is 318 g/mol. The fraction of sp³-hybridized carbons (Fsp3) is 0.389. The number of carbonyl (C=O) groups is 2. The Balaban J connectivity index is 1.73. The summed E-state index contributed by atoms with van der Waals surface area (Å²) in [5, 5.41) is 10.5. The van der Waals surface area contributed by atoms with Gasteiger partial charge in [0.1, 0.15) is 0 Å². The van der Waals surface area contributed by atoms with Crippen molar-refractivity contribution < 1.29 is 9.59 Å².